The molecule has 0 aliphatic carbocycles. The van der Waals surface area contributed by atoms with Gasteiger partial charge in [-0.2, -0.15) is 0 Å². The smallest absolute Gasteiger partial charge is 0.0924 e. The van der Waals surface area contributed by atoms with Gasteiger partial charge in [-0.15, -0.1) is 11.6 Å². The Bertz CT molecular complexity index is 25.5. The summed E-state index contributed by atoms with van der Waals surface area (Å²) in [7, 11) is 0. The quantitative estimate of drug-likeness (QED) is 0.340. The molecular formula is C2H7ClN2Pd. The molecule has 0 fully saturated rings. The molecule has 42 valence electrons. The molecule has 0 aliphatic rings. The van der Waals surface area contributed by atoms with Crippen molar-refractivity contribution in [3.63, 3.8) is 0 Å². The monoisotopic (exact) mass is 200 g/mol. The number of hydrogen-bond acceptors (Lipinski definition) is 2. The zero-order valence-corrected chi connectivity index (χ0v) is 5.44. The largest absolute Gasteiger partial charge is 0.328 e. The Balaban J connectivity index is 0. The molecule has 2 nitrogen and oxygen atoms in total. The van der Waals surface area contributed by atoms with E-state index in [-0.39, 0.29) is 25.9 Å². The van der Waals surface area contributed by atoms with E-state index in [0.717, 1.165) is 0 Å². The Morgan fingerprint density at radius 2 is 1.83 bits per heavy atom. The van der Waals surface area contributed by atoms with Crippen molar-refractivity contribution in [2.24, 2.45) is 11.5 Å². The van der Waals surface area contributed by atoms with Crippen LogP contribution >= 0.6 is 11.6 Å². The van der Waals surface area contributed by atoms with Gasteiger partial charge in [0.2, 0.25) is 0 Å². The van der Waals surface area contributed by atoms with Crippen molar-refractivity contribution in [3.8, 4) is 0 Å². The van der Waals surface area contributed by atoms with Crippen molar-refractivity contribution in [2.75, 3.05) is 6.54 Å². The molecule has 0 bridgehead atoms. The molecular weight excluding hydrogens is 194 g/mol. The number of rotatable bonds is 1. The van der Waals surface area contributed by atoms with Crippen LogP contribution in [0.5, 0.6) is 0 Å². The van der Waals surface area contributed by atoms with Crippen LogP contribution in [0.1, 0.15) is 0 Å². The number of hydrogen-bond donors (Lipinski definition) is 2. The second-order valence-corrected chi connectivity index (χ2v) is 1.31. The van der Waals surface area contributed by atoms with Gasteiger partial charge in [0, 0.05) is 27.0 Å². The van der Waals surface area contributed by atoms with Gasteiger partial charge in [0.1, 0.15) is 0 Å². The predicted octanol–water partition coefficient (Wildman–Crippen LogP) is -0.534. The molecule has 1 atom stereocenters. The average Bonchev–Trinajstić information content (AvgIpc) is 1.38. The first kappa shape index (κ1) is 9.98. The molecule has 0 aromatic carbocycles. The Kier molecular flexibility index (Phi) is 9.77. The zero-order valence-electron chi connectivity index (χ0n) is 3.13. The van der Waals surface area contributed by atoms with Gasteiger partial charge >= 0.3 is 0 Å². The summed E-state index contributed by atoms with van der Waals surface area (Å²) < 4.78 is 0. The summed E-state index contributed by atoms with van der Waals surface area (Å²) in [6.45, 7) is 0.349. The molecule has 0 saturated carbocycles. The fraction of sp³-hybridized carbons (Fsp3) is 1.00. The van der Waals surface area contributed by atoms with Gasteiger partial charge in [-0.05, 0) is 0 Å². The maximum absolute atomic E-state index is 5.11. The van der Waals surface area contributed by atoms with Crippen LogP contribution in [0.3, 0.4) is 0 Å². The van der Waals surface area contributed by atoms with Gasteiger partial charge in [0.15, 0.2) is 0 Å². The summed E-state index contributed by atoms with van der Waals surface area (Å²) in [5.74, 6) is 0. The molecule has 0 rings (SSSR count). The maximum Gasteiger partial charge on any atom is 0.0924 e. The van der Waals surface area contributed by atoms with Crippen molar-refractivity contribution in [3.05, 3.63) is 0 Å². The molecule has 0 aliphatic heterocycles. The summed E-state index contributed by atoms with van der Waals surface area (Å²) >= 11 is 5.11. The maximum atomic E-state index is 5.11. The van der Waals surface area contributed by atoms with Crippen molar-refractivity contribution in [1.82, 2.24) is 0 Å². The predicted molar refractivity (Wildman–Crippen MR) is 22.9 cm³/mol. The van der Waals surface area contributed by atoms with E-state index in [2.05, 4.69) is 0 Å². The van der Waals surface area contributed by atoms with E-state index < -0.39 is 0 Å². The molecule has 0 spiro atoms. The van der Waals surface area contributed by atoms with E-state index in [0.29, 0.717) is 6.54 Å². The molecule has 1 unspecified atom stereocenters. The van der Waals surface area contributed by atoms with E-state index in [1.807, 2.05) is 0 Å². The molecule has 0 aromatic rings. The SMILES string of the molecule is NCC(N)Cl.[Pd]. The second-order valence-electron chi connectivity index (χ2n) is 0.752. The van der Waals surface area contributed by atoms with E-state index >= 15 is 0 Å². The Labute approximate surface area is 55.9 Å². The normalized spacial score (nSPS) is 12.5. The minimum Gasteiger partial charge on any atom is -0.328 e. The van der Waals surface area contributed by atoms with Crippen LogP contribution in [-0.2, 0) is 20.4 Å². The van der Waals surface area contributed by atoms with Crippen molar-refractivity contribution >= 4 is 11.6 Å². The van der Waals surface area contributed by atoms with Gasteiger partial charge in [-0.25, -0.2) is 0 Å². The fourth-order valence-corrected chi connectivity index (χ4v) is 0. The summed E-state index contributed by atoms with van der Waals surface area (Å²) in [4.78, 5) is 0. The van der Waals surface area contributed by atoms with Crippen LogP contribution < -0.4 is 11.5 Å². The molecule has 4 heteroatoms. The minimum absolute atomic E-state index is 0. The number of nitrogens with two attached hydrogens (primary N) is 2. The molecule has 4 N–H and O–H groups in total. The second kappa shape index (κ2) is 5.87. The summed E-state index contributed by atoms with van der Waals surface area (Å²) in [6, 6.07) is 0. The molecule has 0 heterocycles. The molecule has 0 amide bonds. The van der Waals surface area contributed by atoms with Gasteiger partial charge in [0.05, 0.1) is 5.50 Å². The summed E-state index contributed by atoms with van der Waals surface area (Å²) in [5, 5.41) is 0. The van der Waals surface area contributed by atoms with Crippen molar-refractivity contribution < 1.29 is 20.4 Å². The first-order valence-electron chi connectivity index (χ1n) is 1.37. The van der Waals surface area contributed by atoms with E-state index in [1.165, 1.54) is 0 Å². The van der Waals surface area contributed by atoms with Crippen LogP contribution in [0.4, 0.5) is 0 Å². The van der Waals surface area contributed by atoms with Gasteiger partial charge in [0.25, 0.3) is 0 Å². The van der Waals surface area contributed by atoms with Crippen LogP contribution in [0.15, 0.2) is 0 Å². The average molecular weight is 201 g/mol. The van der Waals surface area contributed by atoms with Crippen LogP contribution in [-0.4, -0.2) is 12.0 Å². The summed E-state index contributed by atoms with van der Waals surface area (Å²) in [5.41, 5.74) is 9.48. The topological polar surface area (TPSA) is 52.0 Å². The van der Waals surface area contributed by atoms with Crippen LogP contribution in [0.25, 0.3) is 0 Å². The van der Waals surface area contributed by atoms with Gasteiger partial charge in [-0.1, -0.05) is 0 Å². The number of alkyl halides is 1. The Morgan fingerprint density at radius 3 is 1.83 bits per heavy atom. The molecule has 0 saturated heterocycles. The van der Waals surface area contributed by atoms with E-state index in [4.69, 9.17) is 23.1 Å². The Morgan fingerprint density at radius 1 is 1.67 bits per heavy atom. The molecule has 0 radical (unpaired) electrons. The third-order valence-corrected chi connectivity index (χ3v) is 0.403. The molecule has 0 aromatic heterocycles. The first-order valence-corrected chi connectivity index (χ1v) is 1.80. The minimum atomic E-state index is -0.366. The van der Waals surface area contributed by atoms with Crippen molar-refractivity contribution in [1.29, 1.82) is 0 Å². The molecule has 6 heavy (non-hydrogen) atoms. The standard InChI is InChI=1S/C2H7ClN2.Pd/c3-2(5)1-4;/h2H,1,4-5H2;. The van der Waals surface area contributed by atoms with Gasteiger partial charge in [-0.3, -0.25) is 0 Å². The van der Waals surface area contributed by atoms with Crippen LogP contribution in [0, 0.1) is 0 Å². The fourth-order valence-electron chi connectivity index (χ4n) is 0. The zero-order chi connectivity index (χ0) is 4.28. The first-order chi connectivity index (χ1) is 2.27. The van der Waals surface area contributed by atoms with Crippen LogP contribution in [0.2, 0.25) is 0 Å². The van der Waals surface area contributed by atoms with E-state index in [1.54, 1.807) is 0 Å². The van der Waals surface area contributed by atoms with Gasteiger partial charge < -0.3 is 11.5 Å². The Hall–Kier alpha value is 0.872. The summed E-state index contributed by atoms with van der Waals surface area (Å²) in [6.07, 6.45) is 0. The number of halogens is 1. The third kappa shape index (κ3) is 8.86. The van der Waals surface area contributed by atoms with E-state index in [9.17, 15) is 0 Å². The third-order valence-electron chi connectivity index (χ3n) is 0.225. The van der Waals surface area contributed by atoms with Crippen molar-refractivity contribution in [2.45, 2.75) is 5.50 Å².